The number of ether oxygens (including phenoxy) is 5. The van der Waals surface area contributed by atoms with Crippen molar-refractivity contribution in [1.82, 2.24) is 0 Å². The topological polar surface area (TPSA) is 189 Å². The first-order valence-electron chi connectivity index (χ1n) is 18.9. The summed E-state index contributed by atoms with van der Waals surface area (Å²) in [6.45, 7) is 8.14. The normalized spacial score (nSPS) is 42.8. The van der Waals surface area contributed by atoms with Crippen LogP contribution in [0.1, 0.15) is 73.1 Å². The van der Waals surface area contributed by atoms with E-state index >= 15 is 0 Å². The molecule has 13 heteroatoms. The van der Waals surface area contributed by atoms with Crippen molar-refractivity contribution in [2.24, 2.45) is 52.3 Å². The molecule has 5 saturated carbocycles. The summed E-state index contributed by atoms with van der Waals surface area (Å²) in [6.07, 6.45) is 1.75. The van der Waals surface area contributed by atoms with Crippen molar-refractivity contribution in [1.29, 1.82) is 0 Å². The van der Waals surface area contributed by atoms with Crippen LogP contribution in [0.25, 0.3) is 0 Å². The molecule has 0 amide bonds. The van der Waals surface area contributed by atoms with Gasteiger partial charge in [0.1, 0.15) is 30.5 Å². The van der Waals surface area contributed by atoms with Crippen LogP contribution in [0.3, 0.4) is 0 Å². The van der Waals surface area contributed by atoms with E-state index in [1.807, 2.05) is 6.92 Å². The molecule has 54 heavy (non-hydrogen) atoms. The first kappa shape index (κ1) is 36.9. The molecule has 12 atom stereocenters. The molecule has 8 aliphatic rings. The minimum absolute atomic E-state index is 0.00712. The Labute approximate surface area is 313 Å². The van der Waals surface area contributed by atoms with E-state index in [0.717, 1.165) is 17.6 Å². The molecule has 0 aromatic rings. The van der Waals surface area contributed by atoms with E-state index in [4.69, 9.17) is 18.9 Å². The number of carbonyl (C=O) groups is 6. The Hall–Kier alpha value is -4.10. The number of carbonyl (C=O) groups excluding carboxylic acids is 6. The lowest BCUT2D eigenvalue weighted by Gasteiger charge is -2.63. The van der Waals surface area contributed by atoms with Gasteiger partial charge in [0.15, 0.2) is 5.78 Å². The van der Waals surface area contributed by atoms with Crippen LogP contribution in [0.5, 0.6) is 0 Å². The van der Waals surface area contributed by atoms with Gasteiger partial charge in [0.25, 0.3) is 0 Å². The standard InChI is InChI=1S/C41H48O13/c1-8-17(2)35(46)53-16-40(49)25-13-24(25)38(4)26(40)14-23-21(15-52-29(43)10-9-28(42)50-6)37(48)54-41(23)27(38)12-20-19-11-22(19)39(5)31(20)32(41)30(33(44)34(39)45)18(3)36(47)51-7/h8,19,22,24-27,32,34,45,49H,9-16H2,1-7H3/b17-8+,30-18-/t19-,22-,24-,25+,26?,27+,32+,34+,38+,39+,40+,41+/m1/s1. The lowest BCUT2D eigenvalue weighted by molar-refractivity contribution is -0.191. The van der Waals surface area contributed by atoms with Crippen molar-refractivity contribution >= 4 is 35.6 Å². The second-order valence-corrected chi connectivity index (χ2v) is 17.1. The monoisotopic (exact) mass is 748 g/mol. The molecule has 0 radical (unpaired) electrons. The molecule has 7 aliphatic carbocycles. The van der Waals surface area contributed by atoms with Gasteiger partial charge < -0.3 is 33.9 Å². The van der Waals surface area contributed by atoms with Crippen molar-refractivity contribution in [3.05, 3.63) is 45.1 Å². The van der Waals surface area contributed by atoms with Crippen molar-refractivity contribution in [2.45, 2.75) is 90.4 Å². The average molecular weight is 749 g/mol. The van der Waals surface area contributed by atoms with E-state index in [9.17, 15) is 39.0 Å². The summed E-state index contributed by atoms with van der Waals surface area (Å²) in [6, 6.07) is 0. The number of methoxy groups -OCH3 is 2. The number of rotatable bonds is 9. The van der Waals surface area contributed by atoms with Gasteiger partial charge in [0, 0.05) is 34.0 Å². The molecule has 0 bridgehead atoms. The molecular weight excluding hydrogens is 700 g/mol. The largest absolute Gasteiger partial charge is 0.469 e. The fraction of sp³-hybridized carbons (Fsp3) is 0.659. The van der Waals surface area contributed by atoms with Crippen molar-refractivity contribution in [3.8, 4) is 0 Å². The van der Waals surface area contributed by atoms with Crippen LogP contribution in [0.2, 0.25) is 0 Å². The quantitative estimate of drug-likeness (QED) is 0.152. The molecule has 1 spiro atoms. The molecule has 290 valence electrons. The van der Waals surface area contributed by atoms with E-state index in [-0.39, 0.29) is 66.3 Å². The summed E-state index contributed by atoms with van der Waals surface area (Å²) < 4.78 is 27.9. The molecule has 1 unspecified atom stereocenters. The van der Waals surface area contributed by atoms with Crippen molar-refractivity contribution in [2.75, 3.05) is 27.4 Å². The number of allylic oxidation sites excluding steroid dienone is 2. The molecule has 1 heterocycles. The number of fused-ring (bicyclic) bond motifs is 7. The number of aliphatic hydroxyl groups is 2. The molecule has 5 fully saturated rings. The maximum atomic E-state index is 14.6. The van der Waals surface area contributed by atoms with E-state index in [0.29, 0.717) is 24.0 Å². The fourth-order valence-corrected chi connectivity index (χ4v) is 12.5. The predicted molar refractivity (Wildman–Crippen MR) is 185 cm³/mol. The third kappa shape index (κ3) is 4.51. The maximum absolute atomic E-state index is 14.6. The minimum Gasteiger partial charge on any atom is -0.469 e. The number of ketones is 1. The van der Waals surface area contributed by atoms with Crippen LogP contribution >= 0.6 is 0 Å². The van der Waals surface area contributed by atoms with Gasteiger partial charge >= 0.3 is 29.8 Å². The van der Waals surface area contributed by atoms with Gasteiger partial charge in [0.05, 0.1) is 38.6 Å². The number of esters is 5. The molecule has 0 aromatic heterocycles. The summed E-state index contributed by atoms with van der Waals surface area (Å²) in [4.78, 5) is 79.8. The van der Waals surface area contributed by atoms with E-state index < -0.39 is 88.1 Å². The summed E-state index contributed by atoms with van der Waals surface area (Å²) in [5, 5.41) is 24.6. The summed E-state index contributed by atoms with van der Waals surface area (Å²) >= 11 is 0. The zero-order valence-corrected chi connectivity index (χ0v) is 31.7. The molecule has 2 N–H and O–H groups in total. The van der Waals surface area contributed by atoms with Crippen LogP contribution in [-0.4, -0.2) is 90.6 Å². The number of hydrogen-bond acceptors (Lipinski definition) is 13. The van der Waals surface area contributed by atoms with Crippen molar-refractivity contribution in [3.63, 3.8) is 0 Å². The highest BCUT2D eigenvalue weighted by atomic mass is 16.6. The zero-order valence-electron chi connectivity index (χ0n) is 31.7. The third-order valence-corrected chi connectivity index (χ3v) is 15.3. The van der Waals surface area contributed by atoms with Crippen molar-refractivity contribution < 1.29 is 62.7 Å². The van der Waals surface area contributed by atoms with Crippen LogP contribution in [0.15, 0.2) is 45.1 Å². The van der Waals surface area contributed by atoms with Crippen LogP contribution in [-0.2, 0) is 52.5 Å². The van der Waals surface area contributed by atoms with E-state index in [2.05, 4.69) is 11.7 Å². The molecule has 0 aromatic carbocycles. The first-order valence-corrected chi connectivity index (χ1v) is 18.9. The minimum atomic E-state index is -1.52. The molecule has 13 nitrogen and oxygen atoms in total. The molecule has 0 saturated heterocycles. The predicted octanol–water partition coefficient (Wildman–Crippen LogP) is 3.01. The molecule has 8 rings (SSSR count). The summed E-state index contributed by atoms with van der Waals surface area (Å²) in [7, 11) is 2.43. The second kappa shape index (κ2) is 11.9. The Morgan fingerprint density at radius 1 is 0.907 bits per heavy atom. The Morgan fingerprint density at radius 3 is 2.28 bits per heavy atom. The molecule has 1 aliphatic heterocycles. The highest BCUT2D eigenvalue weighted by molar-refractivity contribution is 6.09. The Balaban J connectivity index is 1.32. The highest BCUT2D eigenvalue weighted by Crippen LogP contribution is 2.83. The van der Waals surface area contributed by atoms with Gasteiger partial charge in [-0.15, -0.1) is 0 Å². The zero-order chi connectivity index (χ0) is 39.0. The van der Waals surface area contributed by atoms with Crippen LogP contribution in [0.4, 0.5) is 0 Å². The van der Waals surface area contributed by atoms with Gasteiger partial charge in [-0.2, -0.15) is 0 Å². The summed E-state index contributed by atoms with van der Waals surface area (Å²) in [5.74, 6) is -6.07. The van der Waals surface area contributed by atoms with E-state index in [1.165, 1.54) is 21.1 Å². The van der Waals surface area contributed by atoms with Gasteiger partial charge in [-0.05, 0) is 86.7 Å². The number of aliphatic hydroxyl groups excluding tert-OH is 1. The van der Waals surface area contributed by atoms with Gasteiger partial charge in [-0.25, -0.2) is 14.4 Å². The lowest BCUT2D eigenvalue weighted by atomic mass is 9.42. The molecular formula is C41H48O13. The fourth-order valence-electron chi connectivity index (χ4n) is 12.5. The first-order chi connectivity index (χ1) is 25.5. The smallest absolute Gasteiger partial charge is 0.338 e. The van der Waals surface area contributed by atoms with Gasteiger partial charge in [-0.3, -0.25) is 14.4 Å². The Morgan fingerprint density at radius 2 is 1.61 bits per heavy atom. The van der Waals surface area contributed by atoms with Crippen LogP contribution in [0, 0.1) is 52.3 Å². The second-order valence-electron chi connectivity index (χ2n) is 17.1. The Kier molecular flexibility index (Phi) is 8.16. The lowest BCUT2D eigenvalue weighted by Crippen LogP contribution is -2.67. The average Bonchev–Trinajstić information content (AvgIpc) is 4.08. The SMILES string of the molecule is C/C=C(\C)C(=O)OC[C@@]1(O)C2CC3=C(COC(=O)CCC(=O)OC)C(=O)O[C@@]34[C@@H]3C5=C(C[C@H]4[C@@]2(C)[C@@H]2C[C@@H]21)[C@H]1C[C@H]1[C@]5(C)[C@@H](O)C(=O)/C3=C(/C)C(=O)OC. The van der Waals surface area contributed by atoms with Crippen LogP contribution < -0.4 is 0 Å². The van der Waals surface area contributed by atoms with Gasteiger partial charge in [0.2, 0.25) is 0 Å². The highest BCUT2D eigenvalue weighted by Gasteiger charge is 2.84. The summed E-state index contributed by atoms with van der Waals surface area (Å²) in [5.41, 5.74) is -1.71. The van der Waals surface area contributed by atoms with Gasteiger partial charge in [-0.1, -0.05) is 25.5 Å². The third-order valence-electron chi connectivity index (χ3n) is 15.3. The van der Waals surface area contributed by atoms with E-state index in [1.54, 1.807) is 19.9 Å². The number of hydrogen-bond donors (Lipinski definition) is 2. The Bertz CT molecular complexity index is 1950. The number of Topliss-reactive ketones (excluding diaryl/α,β-unsaturated/α-hetero) is 1. The maximum Gasteiger partial charge on any atom is 0.338 e.